The summed E-state index contributed by atoms with van der Waals surface area (Å²) >= 11 is 5.81. The van der Waals surface area contributed by atoms with E-state index in [4.69, 9.17) is 11.6 Å². The predicted octanol–water partition coefficient (Wildman–Crippen LogP) is 2.41. The minimum Gasteiger partial charge on any atom is -0.297 e. The molecule has 4 nitrogen and oxygen atoms in total. The van der Waals surface area contributed by atoms with E-state index in [-0.39, 0.29) is 10.7 Å². The molecule has 0 spiro atoms. The van der Waals surface area contributed by atoms with Gasteiger partial charge < -0.3 is 0 Å². The van der Waals surface area contributed by atoms with Gasteiger partial charge in [0.1, 0.15) is 16.8 Å². The lowest BCUT2D eigenvalue weighted by atomic mass is 10.2. The van der Waals surface area contributed by atoms with Crippen molar-refractivity contribution < 1.29 is 8.78 Å². The first kappa shape index (κ1) is 14.5. The summed E-state index contributed by atoms with van der Waals surface area (Å²) in [7, 11) is 0. The van der Waals surface area contributed by atoms with Crippen molar-refractivity contribution in [2.75, 3.05) is 0 Å². The SMILES string of the molecule is CCCc1c(Cl)[nH]c(=O)n(-c2cc(F)ccc2F)c1=O. The van der Waals surface area contributed by atoms with Gasteiger partial charge >= 0.3 is 5.69 Å². The van der Waals surface area contributed by atoms with E-state index in [9.17, 15) is 18.4 Å². The van der Waals surface area contributed by atoms with E-state index in [2.05, 4.69) is 4.98 Å². The van der Waals surface area contributed by atoms with Crippen LogP contribution in [0.2, 0.25) is 5.15 Å². The van der Waals surface area contributed by atoms with Crippen molar-refractivity contribution in [2.24, 2.45) is 0 Å². The van der Waals surface area contributed by atoms with Crippen molar-refractivity contribution in [3.63, 3.8) is 0 Å². The number of nitrogens with one attached hydrogen (secondary N) is 1. The lowest BCUT2D eigenvalue weighted by Crippen LogP contribution is -2.36. The summed E-state index contributed by atoms with van der Waals surface area (Å²) in [5.74, 6) is -1.62. The third-order valence-electron chi connectivity index (χ3n) is 2.80. The summed E-state index contributed by atoms with van der Waals surface area (Å²) in [6.07, 6.45) is 0.942. The molecule has 0 atom stereocenters. The van der Waals surface area contributed by atoms with Gasteiger partial charge in [-0.25, -0.2) is 18.1 Å². The summed E-state index contributed by atoms with van der Waals surface area (Å²) in [6.45, 7) is 1.83. The molecular weight excluding hydrogens is 290 g/mol. The van der Waals surface area contributed by atoms with Gasteiger partial charge in [-0.1, -0.05) is 24.9 Å². The Bertz CT molecular complexity index is 768. The predicted molar refractivity (Wildman–Crippen MR) is 71.6 cm³/mol. The topological polar surface area (TPSA) is 54.9 Å². The summed E-state index contributed by atoms with van der Waals surface area (Å²) in [6, 6.07) is 2.54. The lowest BCUT2D eigenvalue weighted by molar-refractivity contribution is 0.587. The Morgan fingerprint density at radius 3 is 2.65 bits per heavy atom. The van der Waals surface area contributed by atoms with Gasteiger partial charge in [0.25, 0.3) is 5.56 Å². The molecule has 0 amide bonds. The van der Waals surface area contributed by atoms with E-state index in [0.717, 1.165) is 18.2 Å². The molecule has 0 aliphatic rings. The number of aromatic nitrogens is 2. The number of hydrogen-bond acceptors (Lipinski definition) is 2. The van der Waals surface area contributed by atoms with Crippen LogP contribution in [0.15, 0.2) is 27.8 Å². The highest BCUT2D eigenvalue weighted by Gasteiger charge is 2.16. The van der Waals surface area contributed by atoms with Crippen LogP contribution in [0, 0.1) is 11.6 Å². The molecule has 106 valence electrons. The zero-order chi connectivity index (χ0) is 14.9. The van der Waals surface area contributed by atoms with E-state index in [1.165, 1.54) is 0 Å². The van der Waals surface area contributed by atoms with E-state index < -0.39 is 28.6 Å². The van der Waals surface area contributed by atoms with Gasteiger partial charge in [0.2, 0.25) is 0 Å². The van der Waals surface area contributed by atoms with Gasteiger partial charge in [0.15, 0.2) is 0 Å². The molecule has 0 aliphatic carbocycles. The maximum Gasteiger partial charge on any atom is 0.334 e. The third kappa shape index (κ3) is 2.51. The molecular formula is C13H11ClF2N2O2. The molecule has 0 bridgehead atoms. The van der Waals surface area contributed by atoms with Crippen molar-refractivity contribution >= 4 is 11.6 Å². The summed E-state index contributed by atoms with van der Waals surface area (Å²) in [5.41, 5.74) is -1.93. The highest BCUT2D eigenvalue weighted by Crippen LogP contribution is 2.14. The molecule has 0 fully saturated rings. The molecule has 20 heavy (non-hydrogen) atoms. The highest BCUT2D eigenvalue weighted by molar-refractivity contribution is 6.30. The van der Waals surface area contributed by atoms with Crippen LogP contribution in [0.1, 0.15) is 18.9 Å². The quantitative estimate of drug-likeness (QED) is 0.885. The van der Waals surface area contributed by atoms with Gasteiger partial charge in [0.05, 0.1) is 11.3 Å². The van der Waals surface area contributed by atoms with Crippen molar-refractivity contribution in [1.82, 2.24) is 9.55 Å². The molecule has 0 saturated carbocycles. The number of benzene rings is 1. The Labute approximate surface area is 117 Å². The largest absolute Gasteiger partial charge is 0.334 e. The van der Waals surface area contributed by atoms with Crippen molar-refractivity contribution in [2.45, 2.75) is 19.8 Å². The molecule has 1 aromatic heterocycles. The molecule has 0 aliphatic heterocycles. The van der Waals surface area contributed by atoms with Crippen LogP contribution in [-0.2, 0) is 6.42 Å². The third-order valence-corrected chi connectivity index (χ3v) is 3.12. The standard InChI is InChI=1S/C13H11ClF2N2O2/c1-2-3-8-11(14)17-13(20)18(12(8)19)10-6-7(15)4-5-9(10)16/h4-6H,2-3H2,1H3,(H,17,20). The molecule has 7 heteroatoms. The Balaban J connectivity index is 2.81. The van der Waals surface area contributed by atoms with Crippen LogP contribution in [-0.4, -0.2) is 9.55 Å². The Morgan fingerprint density at radius 2 is 2.00 bits per heavy atom. The van der Waals surface area contributed by atoms with Gasteiger partial charge in [-0.3, -0.25) is 9.78 Å². The zero-order valence-corrected chi connectivity index (χ0v) is 11.3. The molecule has 0 saturated heterocycles. The van der Waals surface area contributed by atoms with Crippen LogP contribution in [0.5, 0.6) is 0 Å². The second-order valence-electron chi connectivity index (χ2n) is 4.21. The molecule has 1 N–H and O–H groups in total. The Kier molecular flexibility index (Phi) is 4.04. The van der Waals surface area contributed by atoms with Gasteiger partial charge in [-0.15, -0.1) is 0 Å². The first-order valence-corrected chi connectivity index (χ1v) is 6.32. The smallest absolute Gasteiger partial charge is 0.297 e. The van der Waals surface area contributed by atoms with E-state index in [1.54, 1.807) is 0 Å². The normalized spacial score (nSPS) is 10.8. The fourth-order valence-corrected chi connectivity index (χ4v) is 2.15. The summed E-state index contributed by atoms with van der Waals surface area (Å²) in [4.78, 5) is 26.3. The van der Waals surface area contributed by atoms with Crippen LogP contribution < -0.4 is 11.2 Å². The Hall–Kier alpha value is -1.95. The van der Waals surface area contributed by atoms with E-state index >= 15 is 0 Å². The van der Waals surface area contributed by atoms with Crippen molar-refractivity contribution in [1.29, 1.82) is 0 Å². The fourth-order valence-electron chi connectivity index (χ4n) is 1.89. The van der Waals surface area contributed by atoms with Crippen molar-refractivity contribution in [3.8, 4) is 5.69 Å². The average molecular weight is 301 g/mol. The van der Waals surface area contributed by atoms with Crippen LogP contribution in [0.3, 0.4) is 0 Å². The van der Waals surface area contributed by atoms with Gasteiger partial charge in [-0.05, 0) is 18.6 Å². The Morgan fingerprint density at radius 1 is 1.30 bits per heavy atom. The van der Waals surface area contributed by atoms with Crippen LogP contribution >= 0.6 is 11.6 Å². The lowest BCUT2D eigenvalue weighted by Gasteiger charge is -2.09. The van der Waals surface area contributed by atoms with Gasteiger partial charge in [-0.2, -0.15) is 0 Å². The number of halogens is 3. The number of rotatable bonds is 3. The number of hydrogen-bond donors (Lipinski definition) is 1. The summed E-state index contributed by atoms with van der Waals surface area (Å²) in [5, 5.41) is -0.0742. The first-order chi connectivity index (χ1) is 9.45. The maximum absolute atomic E-state index is 13.7. The molecule has 2 aromatic rings. The minimum absolute atomic E-state index is 0.0742. The van der Waals surface area contributed by atoms with Gasteiger partial charge in [0, 0.05) is 6.07 Å². The van der Waals surface area contributed by atoms with Crippen LogP contribution in [0.4, 0.5) is 8.78 Å². The van der Waals surface area contributed by atoms with Crippen LogP contribution in [0.25, 0.3) is 5.69 Å². The van der Waals surface area contributed by atoms with Crippen molar-refractivity contribution in [3.05, 3.63) is 61.4 Å². The number of nitrogens with zero attached hydrogens (tertiary/aromatic N) is 1. The monoisotopic (exact) mass is 300 g/mol. The maximum atomic E-state index is 13.7. The molecule has 1 heterocycles. The fraction of sp³-hybridized carbons (Fsp3) is 0.231. The zero-order valence-electron chi connectivity index (χ0n) is 10.5. The number of aromatic amines is 1. The minimum atomic E-state index is -0.913. The summed E-state index contributed by atoms with van der Waals surface area (Å²) < 4.78 is 27.5. The molecule has 1 aromatic carbocycles. The number of H-pyrrole nitrogens is 1. The van der Waals surface area contributed by atoms with E-state index in [1.807, 2.05) is 6.92 Å². The molecule has 0 unspecified atom stereocenters. The highest BCUT2D eigenvalue weighted by atomic mass is 35.5. The second kappa shape index (κ2) is 5.58. The molecule has 0 radical (unpaired) electrons. The molecule has 2 rings (SSSR count). The first-order valence-electron chi connectivity index (χ1n) is 5.94. The average Bonchev–Trinajstić information content (AvgIpc) is 2.38. The second-order valence-corrected chi connectivity index (χ2v) is 4.59. The van der Waals surface area contributed by atoms with E-state index in [0.29, 0.717) is 17.4 Å².